The number of amides is 1. The average molecular weight is 359 g/mol. The van der Waals surface area contributed by atoms with Crippen LogP contribution in [0.2, 0.25) is 0 Å². The highest BCUT2D eigenvalue weighted by Crippen LogP contribution is 2.27. The number of thioether (sulfide) groups is 1. The highest BCUT2D eigenvalue weighted by atomic mass is 32.2. The standard InChI is InChI=1S/C20H22FNO2S/c1-13(15-7-9-19(24-2)18(21)11-15)22-20(23)12-25-17-8-6-14-4-3-5-16(14)10-17/h6-11,13H,3-5,12H2,1-2H3,(H,22,23). The molecule has 0 saturated carbocycles. The van der Waals surface area contributed by atoms with E-state index in [0.29, 0.717) is 11.3 Å². The minimum absolute atomic E-state index is 0.0609. The third-order valence-electron chi connectivity index (χ3n) is 4.49. The van der Waals surface area contributed by atoms with E-state index < -0.39 is 5.82 Å². The van der Waals surface area contributed by atoms with Crippen molar-refractivity contribution in [2.24, 2.45) is 0 Å². The number of aryl methyl sites for hydroxylation is 2. The fourth-order valence-electron chi connectivity index (χ4n) is 3.11. The maximum absolute atomic E-state index is 13.8. The highest BCUT2D eigenvalue weighted by Gasteiger charge is 2.14. The van der Waals surface area contributed by atoms with Crippen LogP contribution < -0.4 is 10.1 Å². The van der Waals surface area contributed by atoms with Crippen molar-refractivity contribution in [2.75, 3.05) is 12.9 Å². The van der Waals surface area contributed by atoms with Crippen molar-refractivity contribution >= 4 is 17.7 Å². The van der Waals surface area contributed by atoms with Crippen molar-refractivity contribution in [1.82, 2.24) is 5.32 Å². The number of benzene rings is 2. The van der Waals surface area contributed by atoms with E-state index in [4.69, 9.17) is 4.74 Å². The number of halogens is 1. The monoisotopic (exact) mass is 359 g/mol. The van der Waals surface area contributed by atoms with E-state index in [0.717, 1.165) is 17.7 Å². The van der Waals surface area contributed by atoms with Gasteiger partial charge >= 0.3 is 0 Å². The van der Waals surface area contributed by atoms with Crippen LogP contribution >= 0.6 is 11.8 Å². The molecule has 1 amide bonds. The molecule has 1 N–H and O–H groups in total. The molecule has 0 fully saturated rings. The molecule has 5 heteroatoms. The van der Waals surface area contributed by atoms with Crippen LogP contribution in [0.25, 0.3) is 0 Å². The van der Waals surface area contributed by atoms with Gasteiger partial charge in [0.2, 0.25) is 5.91 Å². The summed E-state index contributed by atoms with van der Waals surface area (Å²) in [7, 11) is 1.43. The molecular formula is C20H22FNO2S. The first-order valence-corrected chi connectivity index (χ1v) is 9.43. The molecule has 3 nitrogen and oxygen atoms in total. The van der Waals surface area contributed by atoms with E-state index in [-0.39, 0.29) is 17.7 Å². The lowest BCUT2D eigenvalue weighted by Gasteiger charge is -2.15. The molecule has 1 atom stereocenters. The van der Waals surface area contributed by atoms with Gasteiger partial charge in [0.1, 0.15) is 0 Å². The van der Waals surface area contributed by atoms with Crippen molar-refractivity contribution in [3.05, 3.63) is 58.9 Å². The molecule has 0 aliphatic heterocycles. The SMILES string of the molecule is COc1ccc(C(C)NC(=O)CSc2ccc3c(c2)CCC3)cc1F. The first kappa shape index (κ1) is 17.8. The van der Waals surface area contributed by atoms with E-state index in [2.05, 4.69) is 23.5 Å². The fraction of sp³-hybridized carbons (Fsp3) is 0.350. The predicted molar refractivity (Wildman–Crippen MR) is 98.7 cm³/mol. The Morgan fingerprint density at radius 3 is 2.80 bits per heavy atom. The lowest BCUT2D eigenvalue weighted by Crippen LogP contribution is -2.28. The van der Waals surface area contributed by atoms with Crippen LogP contribution in [0.15, 0.2) is 41.3 Å². The third kappa shape index (κ3) is 4.34. The van der Waals surface area contributed by atoms with Crippen LogP contribution in [-0.4, -0.2) is 18.8 Å². The molecule has 0 heterocycles. The van der Waals surface area contributed by atoms with Gasteiger partial charge in [-0.1, -0.05) is 12.1 Å². The topological polar surface area (TPSA) is 38.3 Å². The van der Waals surface area contributed by atoms with Gasteiger partial charge in [-0.3, -0.25) is 4.79 Å². The zero-order valence-electron chi connectivity index (χ0n) is 14.5. The van der Waals surface area contributed by atoms with Gasteiger partial charge in [0, 0.05) is 4.90 Å². The predicted octanol–water partition coefficient (Wildman–Crippen LogP) is 4.29. The molecular weight excluding hydrogens is 337 g/mol. The minimum atomic E-state index is -0.423. The Morgan fingerprint density at radius 1 is 1.24 bits per heavy atom. The molecule has 0 bridgehead atoms. The van der Waals surface area contributed by atoms with Crippen molar-refractivity contribution in [3.63, 3.8) is 0 Å². The first-order chi connectivity index (χ1) is 12.1. The van der Waals surface area contributed by atoms with Crippen LogP contribution in [0.5, 0.6) is 5.75 Å². The highest BCUT2D eigenvalue weighted by molar-refractivity contribution is 8.00. The van der Waals surface area contributed by atoms with Crippen molar-refractivity contribution in [2.45, 2.75) is 37.1 Å². The number of hydrogen-bond donors (Lipinski definition) is 1. The van der Waals surface area contributed by atoms with Gasteiger partial charge in [0.25, 0.3) is 0 Å². The molecule has 0 saturated heterocycles. The zero-order valence-corrected chi connectivity index (χ0v) is 15.3. The lowest BCUT2D eigenvalue weighted by atomic mass is 10.1. The number of nitrogens with one attached hydrogen (secondary N) is 1. The maximum atomic E-state index is 13.8. The molecule has 0 spiro atoms. The quantitative estimate of drug-likeness (QED) is 0.782. The number of rotatable bonds is 6. The van der Waals surface area contributed by atoms with Crippen molar-refractivity contribution < 1.29 is 13.9 Å². The van der Waals surface area contributed by atoms with Gasteiger partial charge in [-0.25, -0.2) is 4.39 Å². The Bertz CT molecular complexity index is 778. The Morgan fingerprint density at radius 2 is 2.04 bits per heavy atom. The lowest BCUT2D eigenvalue weighted by molar-refractivity contribution is -0.119. The smallest absolute Gasteiger partial charge is 0.230 e. The Kier molecular flexibility index (Phi) is 5.63. The molecule has 3 rings (SSSR count). The molecule has 0 radical (unpaired) electrons. The van der Waals surface area contributed by atoms with Crippen LogP contribution in [0.4, 0.5) is 4.39 Å². The van der Waals surface area contributed by atoms with Crippen LogP contribution in [0.3, 0.4) is 0 Å². The summed E-state index contributed by atoms with van der Waals surface area (Å²) in [5, 5.41) is 2.92. The van der Waals surface area contributed by atoms with Crippen LogP contribution in [0, 0.1) is 5.82 Å². The first-order valence-electron chi connectivity index (χ1n) is 8.44. The molecule has 2 aromatic carbocycles. The maximum Gasteiger partial charge on any atom is 0.230 e. The minimum Gasteiger partial charge on any atom is -0.494 e. The molecule has 25 heavy (non-hydrogen) atoms. The van der Waals surface area contributed by atoms with Gasteiger partial charge in [-0.2, -0.15) is 0 Å². The second-order valence-corrected chi connectivity index (χ2v) is 7.30. The van der Waals surface area contributed by atoms with Crippen molar-refractivity contribution in [1.29, 1.82) is 0 Å². The third-order valence-corrected chi connectivity index (χ3v) is 5.49. The van der Waals surface area contributed by atoms with Gasteiger partial charge < -0.3 is 10.1 Å². The summed E-state index contributed by atoms with van der Waals surface area (Å²) in [4.78, 5) is 13.3. The molecule has 2 aromatic rings. The Hall–Kier alpha value is -2.01. The Labute approximate surface area is 152 Å². The molecule has 1 aliphatic rings. The molecule has 132 valence electrons. The number of fused-ring (bicyclic) bond motifs is 1. The largest absolute Gasteiger partial charge is 0.494 e. The van der Waals surface area contributed by atoms with Gasteiger partial charge in [0.05, 0.1) is 18.9 Å². The summed E-state index contributed by atoms with van der Waals surface area (Å²) in [6.45, 7) is 1.85. The summed E-state index contributed by atoms with van der Waals surface area (Å²) in [6.07, 6.45) is 3.52. The van der Waals surface area contributed by atoms with Gasteiger partial charge in [-0.15, -0.1) is 11.8 Å². The Balaban J connectivity index is 1.54. The second-order valence-electron chi connectivity index (χ2n) is 6.26. The molecule has 1 unspecified atom stereocenters. The summed E-state index contributed by atoms with van der Waals surface area (Å²) >= 11 is 1.53. The number of methoxy groups -OCH3 is 1. The van der Waals surface area contributed by atoms with Crippen LogP contribution in [0.1, 0.15) is 36.1 Å². The van der Waals surface area contributed by atoms with E-state index in [1.54, 1.807) is 12.1 Å². The number of hydrogen-bond acceptors (Lipinski definition) is 3. The van der Waals surface area contributed by atoms with E-state index in [1.807, 2.05) is 6.92 Å². The second kappa shape index (κ2) is 7.91. The van der Waals surface area contributed by atoms with Gasteiger partial charge in [-0.05, 0) is 67.1 Å². The van der Waals surface area contributed by atoms with Crippen molar-refractivity contribution in [3.8, 4) is 5.75 Å². The fourth-order valence-corrected chi connectivity index (χ4v) is 3.88. The summed E-state index contributed by atoms with van der Waals surface area (Å²) in [6, 6.07) is 10.9. The molecule has 0 aromatic heterocycles. The van der Waals surface area contributed by atoms with Gasteiger partial charge in [0.15, 0.2) is 11.6 Å². The summed E-state index contributed by atoms with van der Waals surface area (Å²) < 4.78 is 18.7. The summed E-state index contributed by atoms with van der Waals surface area (Å²) in [5.74, 6) is 0.0687. The number of carbonyl (C=O) groups is 1. The zero-order chi connectivity index (χ0) is 17.8. The molecule has 1 aliphatic carbocycles. The number of carbonyl (C=O) groups excluding carboxylic acids is 1. The van der Waals surface area contributed by atoms with E-state index >= 15 is 0 Å². The van der Waals surface area contributed by atoms with Crippen LogP contribution in [-0.2, 0) is 17.6 Å². The van der Waals surface area contributed by atoms with E-state index in [9.17, 15) is 9.18 Å². The normalized spacial score (nSPS) is 14.0. The summed E-state index contributed by atoms with van der Waals surface area (Å²) in [5.41, 5.74) is 3.56. The van der Waals surface area contributed by atoms with E-state index in [1.165, 1.54) is 42.5 Å². The number of ether oxygens (including phenoxy) is 1. The average Bonchev–Trinajstić information content (AvgIpc) is 3.07.